The predicted octanol–water partition coefficient (Wildman–Crippen LogP) is 2.06. The summed E-state index contributed by atoms with van der Waals surface area (Å²) >= 11 is 0. The van der Waals surface area contributed by atoms with Crippen molar-refractivity contribution in [3.63, 3.8) is 0 Å². The summed E-state index contributed by atoms with van der Waals surface area (Å²) in [6.07, 6.45) is 5.11. The van der Waals surface area contributed by atoms with E-state index in [1.165, 1.54) is 6.42 Å². The minimum atomic E-state index is -0.715. The summed E-state index contributed by atoms with van der Waals surface area (Å²) in [4.78, 5) is 23.6. The second kappa shape index (κ2) is 4.67. The van der Waals surface area contributed by atoms with Crippen molar-refractivity contribution >= 4 is 11.9 Å². The number of ether oxygens (including phenoxy) is 2. The van der Waals surface area contributed by atoms with Gasteiger partial charge in [-0.3, -0.25) is 9.59 Å². The smallest absolute Gasteiger partial charge is 0.321 e. The van der Waals surface area contributed by atoms with Crippen molar-refractivity contribution in [2.75, 3.05) is 6.61 Å². The lowest BCUT2D eigenvalue weighted by Crippen LogP contribution is -2.38. The number of hydrogen-bond acceptors (Lipinski definition) is 4. The molecule has 17 heavy (non-hydrogen) atoms. The van der Waals surface area contributed by atoms with Gasteiger partial charge in [-0.1, -0.05) is 13.3 Å². The molecule has 1 aliphatic carbocycles. The molecule has 96 valence electrons. The van der Waals surface area contributed by atoms with Crippen LogP contribution in [0.1, 0.15) is 46.0 Å². The maximum atomic E-state index is 11.9. The van der Waals surface area contributed by atoms with Crippen LogP contribution in [0.25, 0.3) is 0 Å². The van der Waals surface area contributed by atoms with Crippen LogP contribution in [0.2, 0.25) is 0 Å². The number of esters is 2. The normalized spacial score (nSPS) is 31.3. The minimum absolute atomic E-state index is 0.0608. The quantitative estimate of drug-likeness (QED) is 0.547. The van der Waals surface area contributed by atoms with Gasteiger partial charge >= 0.3 is 11.9 Å². The average Bonchev–Trinajstić information content (AvgIpc) is 2.52. The highest BCUT2D eigenvalue weighted by atomic mass is 16.6. The molecular weight excluding hydrogens is 220 g/mol. The van der Waals surface area contributed by atoms with Gasteiger partial charge in [0.25, 0.3) is 0 Å². The average molecular weight is 240 g/mol. The van der Waals surface area contributed by atoms with E-state index >= 15 is 0 Å². The molecule has 0 aromatic heterocycles. The number of rotatable bonds is 2. The van der Waals surface area contributed by atoms with Crippen LogP contribution < -0.4 is 0 Å². The molecular formula is C13H20O4. The second-order valence-corrected chi connectivity index (χ2v) is 5.06. The summed E-state index contributed by atoms with van der Waals surface area (Å²) in [6.45, 7) is 4.00. The van der Waals surface area contributed by atoms with Gasteiger partial charge in [0.15, 0.2) is 5.92 Å². The monoisotopic (exact) mass is 240 g/mol. The largest absolute Gasteiger partial charge is 0.465 e. The van der Waals surface area contributed by atoms with Crippen molar-refractivity contribution < 1.29 is 19.1 Å². The molecule has 2 fully saturated rings. The van der Waals surface area contributed by atoms with Crippen molar-refractivity contribution in [2.24, 2.45) is 11.8 Å². The lowest BCUT2D eigenvalue weighted by molar-refractivity contribution is -0.159. The molecule has 2 unspecified atom stereocenters. The third-order valence-electron chi connectivity index (χ3n) is 4.13. The zero-order valence-electron chi connectivity index (χ0n) is 10.5. The van der Waals surface area contributed by atoms with Crippen LogP contribution in [0, 0.1) is 11.8 Å². The second-order valence-electron chi connectivity index (χ2n) is 5.06. The maximum absolute atomic E-state index is 11.9. The van der Waals surface area contributed by atoms with Crippen LogP contribution in [0.3, 0.4) is 0 Å². The molecule has 1 spiro atoms. The third-order valence-corrected chi connectivity index (χ3v) is 4.13. The van der Waals surface area contributed by atoms with Gasteiger partial charge in [0.1, 0.15) is 5.60 Å². The number of hydrogen-bond donors (Lipinski definition) is 0. The molecule has 1 heterocycles. The van der Waals surface area contributed by atoms with Crippen LogP contribution in [0.4, 0.5) is 0 Å². The summed E-state index contributed by atoms with van der Waals surface area (Å²) in [5, 5.41) is 0. The van der Waals surface area contributed by atoms with Crippen molar-refractivity contribution in [2.45, 2.75) is 51.6 Å². The van der Waals surface area contributed by atoms with Crippen molar-refractivity contribution in [3.8, 4) is 0 Å². The summed E-state index contributed by atoms with van der Waals surface area (Å²) in [5.74, 6) is -1.59. The molecule has 2 aliphatic rings. The zero-order valence-corrected chi connectivity index (χ0v) is 10.5. The van der Waals surface area contributed by atoms with Gasteiger partial charge < -0.3 is 9.47 Å². The fraction of sp³-hybridized carbons (Fsp3) is 0.846. The fourth-order valence-electron chi connectivity index (χ4n) is 3.10. The molecule has 4 heteroatoms. The van der Waals surface area contributed by atoms with E-state index in [0.717, 1.165) is 25.7 Å². The van der Waals surface area contributed by atoms with Gasteiger partial charge in [0, 0.05) is 5.92 Å². The first-order valence-corrected chi connectivity index (χ1v) is 6.50. The Morgan fingerprint density at radius 1 is 1.41 bits per heavy atom. The van der Waals surface area contributed by atoms with Gasteiger partial charge in [-0.2, -0.15) is 0 Å². The Morgan fingerprint density at radius 2 is 2.06 bits per heavy atom. The summed E-state index contributed by atoms with van der Waals surface area (Å²) in [5.41, 5.74) is -0.396. The van der Waals surface area contributed by atoms with Gasteiger partial charge in [0.05, 0.1) is 6.61 Å². The van der Waals surface area contributed by atoms with E-state index in [2.05, 4.69) is 0 Å². The molecule has 1 saturated heterocycles. The molecule has 0 N–H and O–H groups in total. The van der Waals surface area contributed by atoms with Crippen LogP contribution in [-0.2, 0) is 19.1 Å². The molecule has 0 bridgehead atoms. The van der Waals surface area contributed by atoms with Gasteiger partial charge in [-0.15, -0.1) is 0 Å². The lowest BCUT2D eigenvalue weighted by Gasteiger charge is -2.35. The Kier molecular flexibility index (Phi) is 3.40. The molecule has 1 saturated carbocycles. The Morgan fingerprint density at radius 3 is 2.65 bits per heavy atom. The molecule has 1 aliphatic heterocycles. The van der Waals surface area contributed by atoms with Gasteiger partial charge in [0.2, 0.25) is 0 Å². The zero-order chi connectivity index (χ0) is 12.5. The van der Waals surface area contributed by atoms with Crippen LogP contribution in [0.15, 0.2) is 0 Å². The van der Waals surface area contributed by atoms with E-state index in [9.17, 15) is 9.59 Å². The standard InChI is InChI=1S/C13H20O4/c1-3-16-11(14)10-9(2)13(17-12(10)15)7-5-4-6-8-13/h9-10H,3-8H2,1-2H3. The lowest BCUT2D eigenvalue weighted by atomic mass is 9.73. The Hall–Kier alpha value is -1.06. The van der Waals surface area contributed by atoms with Gasteiger partial charge in [-0.25, -0.2) is 0 Å². The van der Waals surface area contributed by atoms with E-state index in [1.807, 2.05) is 6.92 Å². The van der Waals surface area contributed by atoms with Crippen LogP contribution >= 0.6 is 0 Å². The Bertz CT molecular complexity index is 317. The fourth-order valence-corrected chi connectivity index (χ4v) is 3.10. The molecule has 2 atom stereocenters. The molecule has 4 nitrogen and oxygen atoms in total. The highest BCUT2D eigenvalue weighted by Crippen LogP contribution is 2.46. The predicted molar refractivity (Wildman–Crippen MR) is 61.2 cm³/mol. The number of carbonyl (C=O) groups is 2. The molecule has 2 rings (SSSR count). The third kappa shape index (κ3) is 2.05. The molecule has 0 radical (unpaired) electrons. The van der Waals surface area contributed by atoms with E-state index in [-0.39, 0.29) is 5.92 Å². The molecule has 0 aromatic carbocycles. The Labute approximate surface area is 102 Å². The summed E-state index contributed by atoms with van der Waals surface area (Å²) in [7, 11) is 0. The van der Waals surface area contributed by atoms with Gasteiger partial charge in [-0.05, 0) is 32.6 Å². The first-order chi connectivity index (χ1) is 8.10. The minimum Gasteiger partial charge on any atom is -0.465 e. The number of carbonyl (C=O) groups excluding carboxylic acids is 2. The van der Waals surface area contributed by atoms with Crippen LogP contribution in [0.5, 0.6) is 0 Å². The van der Waals surface area contributed by atoms with Crippen molar-refractivity contribution in [1.82, 2.24) is 0 Å². The first kappa shape index (κ1) is 12.4. The highest BCUT2D eigenvalue weighted by Gasteiger charge is 2.56. The Balaban J connectivity index is 2.15. The van der Waals surface area contributed by atoms with E-state index in [0.29, 0.717) is 6.61 Å². The molecule has 0 amide bonds. The summed E-state index contributed by atoms with van der Waals surface area (Å²) < 4.78 is 10.5. The first-order valence-electron chi connectivity index (χ1n) is 6.50. The van der Waals surface area contributed by atoms with Crippen LogP contribution in [-0.4, -0.2) is 24.1 Å². The summed E-state index contributed by atoms with van der Waals surface area (Å²) in [6, 6.07) is 0. The maximum Gasteiger partial charge on any atom is 0.321 e. The van der Waals surface area contributed by atoms with Crippen molar-refractivity contribution in [1.29, 1.82) is 0 Å². The van der Waals surface area contributed by atoms with E-state index < -0.39 is 23.5 Å². The molecule has 0 aromatic rings. The topological polar surface area (TPSA) is 52.6 Å². The SMILES string of the molecule is CCOC(=O)C1C(=O)OC2(CCCCC2)C1C. The highest BCUT2D eigenvalue weighted by molar-refractivity contribution is 5.97. The van der Waals surface area contributed by atoms with E-state index in [1.54, 1.807) is 6.92 Å². The van der Waals surface area contributed by atoms with E-state index in [4.69, 9.17) is 9.47 Å². The van der Waals surface area contributed by atoms with Crippen molar-refractivity contribution in [3.05, 3.63) is 0 Å².